The average molecular weight is 332 g/mol. The Hall–Kier alpha value is -2.22. The largest absolute Gasteiger partial charge is 0.284 e. The van der Waals surface area contributed by atoms with E-state index in [0.717, 1.165) is 9.87 Å². The molecular weight excluding hydrogens is 316 g/mol. The molecule has 0 spiro atoms. The molecule has 0 saturated carbocycles. The molecule has 0 radical (unpaired) electrons. The fourth-order valence-corrected chi connectivity index (χ4v) is 4.05. The SMILES string of the molecule is Cc1ccc(S(=O)(=O)N2CC(=O)N(O)[C@H]2c2ccccc2)cc1. The van der Waals surface area contributed by atoms with Crippen molar-refractivity contribution in [1.29, 1.82) is 0 Å². The van der Waals surface area contributed by atoms with Crippen molar-refractivity contribution in [1.82, 2.24) is 9.37 Å². The number of sulfonamides is 1. The quantitative estimate of drug-likeness (QED) is 0.871. The number of rotatable bonds is 3. The lowest BCUT2D eigenvalue weighted by molar-refractivity contribution is -0.167. The maximum Gasteiger partial charge on any atom is 0.263 e. The Kier molecular flexibility index (Phi) is 3.93. The summed E-state index contributed by atoms with van der Waals surface area (Å²) in [6, 6.07) is 15.0. The molecule has 1 N–H and O–H groups in total. The fraction of sp³-hybridized carbons (Fsp3) is 0.188. The second kappa shape index (κ2) is 5.77. The standard InChI is InChI=1S/C16H16N2O4S/c1-12-7-9-14(10-8-12)23(21,22)17-11-15(19)18(20)16(17)13-5-3-2-4-6-13/h2-10,16,20H,11H2,1H3/t16-/m0/s1. The third-order valence-corrected chi connectivity index (χ3v) is 5.59. The van der Waals surface area contributed by atoms with Gasteiger partial charge in [-0.25, -0.2) is 8.42 Å². The summed E-state index contributed by atoms with van der Waals surface area (Å²) in [7, 11) is -3.91. The second-order valence-corrected chi connectivity index (χ2v) is 7.28. The molecule has 1 amide bonds. The molecule has 3 rings (SSSR count). The van der Waals surface area contributed by atoms with Crippen LogP contribution in [0.3, 0.4) is 0 Å². The molecule has 1 saturated heterocycles. The summed E-state index contributed by atoms with van der Waals surface area (Å²) in [5.74, 6) is -0.658. The van der Waals surface area contributed by atoms with Gasteiger partial charge in [-0.05, 0) is 24.6 Å². The van der Waals surface area contributed by atoms with E-state index in [1.807, 2.05) is 6.92 Å². The van der Waals surface area contributed by atoms with E-state index in [-0.39, 0.29) is 4.90 Å². The van der Waals surface area contributed by atoms with E-state index in [9.17, 15) is 18.4 Å². The van der Waals surface area contributed by atoms with Crippen LogP contribution in [0.5, 0.6) is 0 Å². The summed E-state index contributed by atoms with van der Waals surface area (Å²) in [6.45, 7) is 1.46. The van der Waals surface area contributed by atoms with E-state index in [1.165, 1.54) is 12.1 Å². The number of benzene rings is 2. The first-order chi connectivity index (χ1) is 10.9. The number of carbonyl (C=O) groups is 1. The number of hydroxylamine groups is 2. The highest BCUT2D eigenvalue weighted by Gasteiger charge is 2.45. The number of aryl methyl sites for hydroxylation is 1. The minimum absolute atomic E-state index is 0.0899. The Labute approximate surface area is 134 Å². The van der Waals surface area contributed by atoms with Crippen molar-refractivity contribution in [3.05, 3.63) is 65.7 Å². The van der Waals surface area contributed by atoms with Crippen LogP contribution in [-0.2, 0) is 14.8 Å². The summed E-state index contributed by atoms with van der Waals surface area (Å²) >= 11 is 0. The Balaban J connectivity index is 2.06. The highest BCUT2D eigenvalue weighted by Crippen LogP contribution is 2.34. The first-order valence-corrected chi connectivity index (χ1v) is 8.49. The van der Waals surface area contributed by atoms with Gasteiger partial charge in [0.15, 0.2) is 6.17 Å². The van der Waals surface area contributed by atoms with Crippen LogP contribution in [0, 0.1) is 6.92 Å². The normalized spacial score (nSPS) is 19.3. The first-order valence-electron chi connectivity index (χ1n) is 7.05. The predicted octanol–water partition coefficient (Wildman–Crippen LogP) is 1.92. The molecule has 2 aromatic rings. The van der Waals surface area contributed by atoms with Crippen LogP contribution in [0.4, 0.5) is 0 Å². The van der Waals surface area contributed by atoms with Crippen LogP contribution in [0.15, 0.2) is 59.5 Å². The molecule has 0 unspecified atom stereocenters. The van der Waals surface area contributed by atoms with E-state index < -0.39 is 28.6 Å². The third-order valence-electron chi connectivity index (χ3n) is 3.78. The van der Waals surface area contributed by atoms with E-state index >= 15 is 0 Å². The first kappa shape index (κ1) is 15.7. The van der Waals surface area contributed by atoms with Crippen molar-refractivity contribution < 1.29 is 18.4 Å². The minimum atomic E-state index is -3.91. The molecule has 1 aliphatic heterocycles. The van der Waals surface area contributed by atoms with Gasteiger partial charge in [0.1, 0.15) is 0 Å². The fourth-order valence-electron chi connectivity index (χ4n) is 2.55. The zero-order valence-corrected chi connectivity index (χ0v) is 13.3. The molecule has 120 valence electrons. The van der Waals surface area contributed by atoms with Crippen LogP contribution in [0.2, 0.25) is 0 Å². The molecule has 1 aliphatic rings. The van der Waals surface area contributed by atoms with Gasteiger partial charge in [-0.3, -0.25) is 10.0 Å². The summed E-state index contributed by atoms with van der Waals surface area (Å²) in [4.78, 5) is 12.0. The van der Waals surface area contributed by atoms with Crippen LogP contribution in [0.25, 0.3) is 0 Å². The predicted molar refractivity (Wildman–Crippen MR) is 82.9 cm³/mol. The number of hydrogen-bond donors (Lipinski definition) is 1. The number of amides is 1. The molecule has 7 heteroatoms. The highest BCUT2D eigenvalue weighted by atomic mass is 32.2. The van der Waals surface area contributed by atoms with Crippen LogP contribution >= 0.6 is 0 Å². The molecule has 1 atom stereocenters. The maximum atomic E-state index is 12.9. The third kappa shape index (κ3) is 2.74. The molecule has 0 aromatic heterocycles. The molecule has 1 heterocycles. The Morgan fingerprint density at radius 2 is 1.65 bits per heavy atom. The van der Waals surface area contributed by atoms with E-state index in [2.05, 4.69) is 0 Å². The molecule has 23 heavy (non-hydrogen) atoms. The second-order valence-electron chi connectivity index (χ2n) is 5.39. The average Bonchev–Trinajstić information content (AvgIpc) is 2.85. The minimum Gasteiger partial charge on any atom is -0.284 e. The summed E-state index contributed by atoms with van der Waals surface area (Å²) in [5, 5.41) is 10.5. The lowest BCUT2D eigenvalue weighted by Gasteiger charge is -2.25. The van der Waals surface area contributed by atoms with Crippen molar-refractivity contribution in [2.75, 3.05) is 6.54 Å². The molecule has 0 aliphatic carbocycles. The van der Waals surface area contributed by atoms with Gasteiger partial charge >= 0.3 is 0 Å². The molecule has 0 bridgehead atoms. The van der Waals surface area contributed by atoms with Crippen molar-refractivity contribution in [2.24, 2.45) is 0 Å². The topological polar surface area (TPSA) is 77.9 Å². The maximum absolute atomic E-state index is 12.9. The zero-order valence-electron chi connectivity index (χ0n) is 12.5. The molecule has 1 fully saturated rings. The van der Waals surface area contributed by atoms with Crippen LogP contribution in [0.1, 0.15) is 17.3 Å². The van der Waals surface area contributed by atoms with Crippen LogP contribution in [-0.4, -0.2) is 35.4 Å². The number of carbonyl (C=O) groups excluding carboxylic acids is 1. The Morgan fingerprint density at radius 3 is 2.26 bits per heavy atom. The lowest BCUT2D eigenvalue weighted by Crippen LogP contribution is -2.34. The van der Waals surface area contributed by atoms with Gasteiger partial charge in [0.05, 0.1) is 11.4 Å². The van der Waals surface area contributed by atoms with E-state index in [1.54, 1.807) is 42.5 Å². The summed E-state index contributed by atoms with van der Waals surface area (Å²) in [5.41, 5.74) is 1.46. The van der Waals surface area contributed by atoms with Crippen molar-refractivity contribution in [3.8, 4) is 0 Å². The smallest absolute Gasteiger partial charge is 0.263 e. The molecular formula is C16H16N2O4S. The van der Waals surface area contributed by atoms with E-state index in [4.69, 9.17) is 0 Å². The van der Waals surface area contributed by atoms with Gasteiger partial charge in [-0.2, -0.15) is 9.37 Å². The monoisotopic (exact) mass is 332 g/mol. The van der Waals surface area contributed by atoms with Gasteiger partial charge in [0, 0.05) is 0 Å². The summed E-state index contributed by atoms with van der Waals surface area (Å²) in [6.07, 6.45) is -1.06. The number of nitrogens with zero attached hydrogens (tertiary/aromatic N) is 2. The zero-order chi connectivity index (χ0) is 16.6. The molecule has 2 aromatic carbocycles. The van der Waals surface area contributed by atoms with Crippen molar-refractivity contribution >= 4 is 15.9 Å². The number of hydrogen-bond acceptors (Lipinski definition) is 4. The van der Waals surface area contributed by atoms with E-state index in [0.29, 0.717) is 10.6 Å². The van der Waals surface area contributed by atoms with Crippen molar-refractivity contribution in [3.63, 3.8) is 0 Å². The van der Waals surface area contributed by atoms with Gasteiger partial charge < -0.3 is 0 Å². The van der Waals surface area contributed by atoms with Gasteiger partial charge in [-0.1, -0.05) is 48.0 Å². The highest BCUT2D eigenvalue weighted by molar-refractivity contribution is 7.89. The van der Waals surface area contributed by atoms with Gasteiger partial charge in [0.25, 0.3) is 5.91 Å². The van der Waals surface area contributed by atoms with Gasteiger partial charge in [0.2, 0.25) is 10.0 Å². The lowest BCUT2D eigenvalue weighted by atomic mass is 10.2. The molecule has 6 nitrogen and oxygen atoms in total. The summed E-state index contributed by atoms with van der Waals surface area (Å²) < 4.78 is 26.7. The Bertz CT molecular complexity index is 819. The van der Waals surface area contributed by atoms with Crippen LogP contribution < -0.4 is 0 Å². The Morgan fingerprint density at radius 1 is 1.04 bits per heavy atom. The van der Waals surface area contributed by atoms with Crippen molar-refractivity contribution in [2.45, 2.75) is 18.0 Å². The van der Waals surface area contributed by atoms with Gasteiger partial charge in [-0.15, -0.1) is 0 Å².